The molecule has 1 N–H and O–H groups in total. The van der Waals surface area contributed by atoms with E-state index in [0.717, 1.165) is 0 Å². The lowest BCUT2D eigenvalue weighted by atomic mass is 10.2. The fraction of sp³-hybridized carbons (Fsp3) is 0.429. The first kappa shape index (κ1) is 17.1. The van der Waals surface area contributed by atoms with Crippen molar-refractivity contribution in [1.82, 2.24) is 4.90 Å². The molecule has 2 unspecified atom stereocenters. The Morgan fingerprint density at radius 2 is 2.27 bits per heavy atom. The van der Waals surface area contributed by atoms with Gasteiger partial charge in [0.05, 0.1) is 17.6 Å². The summed E-state index contributed by atoms with van der Waals surface area (Å²) < 4.78 is 11.4. The number of carbonyl (C=O) groups is 2. The van der Waals surface area contributed by atoms with Crippen molar-refractivity contribution in [3.63, 3.8) is 0 Å². The minimum atomic E-state index is -1.08. The first-order valence-electron chi connectivity index (χ1n) is 6.63. The zero-order valence-electron chi connectivity index (χ0n) is 11.8. The number of carboxylic acid groups (broad SMARTS) is 1. The molecule has 1 fully saturated rings. The van der Waals surface area contributed by atoms with E-state index in [1.54, 1.807) is 25.1 Å². The molecule has 0 aliphatic carbocycles. The summed E-state index contributed by atoms with van der Waals surface area (Å²) >= 11 is 9.17. The fourth-order valence-corrected chi connectivity index (χ4v) is 2.84. The van der Waals surface area contributed by atoms with Crippen LogP contribution in [0.1, 0.15) is 6.92 Å². The number of aliphatic carboxylic acids is 1. The zero-order valence-corrected chi connectivity index (χ0v) is 14.1. The second-order valence-corrected chi connectivity index (χ2v) is 6.11. The van der Waals surface area contributed by atoms with E-state index >= 15 is 0 Å². The average Bonchev–Trinajstić information content (AvgIpc) is 2.49. The summed E-state index contributed by atoms with van der Waals surface area (Å²) in [7, 11) is 0. The highest BCUT2D eigenvalue weighted by atomic mass is 79.9. The van der Waals surface area contributed by atoms with Crippen molar-refractivity contribution in [2.24, 2.45) is 0 Å². The van der Waals surface area contributed by atoms with Gasteiger partial charge in [0.1, 0.15) is 5.75 Å². The predicted molar refractivity (Wildman–Crippen MR) is 83.2 cm³/mol. The number of rotatable bonds is 4. The fourth-order valence-electron chi connectivity index (χ4n) is 2.07. The molecule has 1 aromatic rings. The lowest BCUT2D eigenvalue weighted by Crippen LogP contribution is -2.51. The van der Waals surface area contributed by atoms with Crippen LogP contribution in [0.4, 0.5) is 0 Å². The normalized spacial score (nSPS) is 19.6. The molecular weight excluding hydrogens is 378 g/mol. The molecule has 1 heterocycles. The smallest absolute Gasteiger partial charge is 0.334 e. The van der Waals surface area contributed by atoms with Gasteiger partial charge in [-0.3, -0.25) is 4.79 Å². The van der Waals surface area contributed by atoms with Gasteiger partial charge in [0.15, 0.2) is 12.2 Å². The van der Waals surface area contributed by atoms with E-state index < -0.39 is 18.2 Å². The summed E-state index contributed by atoms with van der Waals surface area (Å²) in [5, 5.41) is 9.51. The summed E-state index contributed by atoms with van der Waals surface area (Å²) in [6, 6.07) is 4.99. The number of hydrogen-bond donors (Lipinski definition) is 1. The van der Waals surface area contributed by atoms with Crippen molar-refractivity contribution in [2.75, 3.05) is 19.7 Å². The molecule has 8 heteroatoms. The first-order valence-corrected chi connectivity index (χ1v) is 7.80. The number of halogens is 2. The zero-order chi connectivity index (χ0) is 16.3. The number of hydrogen-bond acceptors (Lipinski definition) is 4. The number of carboxylic acids is 1. The molecule has 2 atom stereocenters. The summed E-state index contributed by atoms with van der Waals surface area (Å²) in [6.45, 7) is 2.18. The lowest BCUT2D eigenvalue weighted by molar-refractivity contribution is -0.161. The minimum Gasteiger partial charge on any atom is -0.480 e. The SMILES string of the molecule is CC(Oc1ccc(Cl)cc1Br)C(=O)N1CCOC(C(=O)O)C1. The molecule has 1 amide bonds. The van der Waals surface area contributed by atoms with E-state index in [-0.39, 0.29) is 19.1 Å². The Hall–Kier alpha value is -1.31. The summed E-state index contributed by atoms with van der Waals surface area (Å²) in [5.74, 6) is -0.865. The predicted octanol–water partition coefficient (Wildman–Crippen LogP) is 2.18. The lowest BCUT2D eigenvalue weighted by Gasteiger charge is -2.32. The van der Waals surface area contributed by atoms with Gasteiger partial charge in [-0.05, 0) is 41.1 Å². The second-order valence-electron chi connectivity index (χ2n) is 4.82. The van der Waals surface area contributed by atoms with Crippen LogP contribution < -0.4 is 4.74 Å². The standard InChI is InChI=1S/C14H15BrClNO5/c1-8(22-11-3-2-9(16)6-10(11)15)13(18)17-4-5-21-12(7-17)14(19)20/h2-3,6,8,12H,4-5,7H2,1H3,(H,19,20). The van der Waals surface area contributed by atoms with E-state index in [1.807, 2.05) is 0 Å². The van der Waals surface area contributed by atoms with Crippen molar-refractivity contribution in [3.8, 4) is 5.75 Å². The monoisotopic (exact) mass is 391 g/mol. The quantitative estimate of drug-likeness (QED) is 0.850. The molecule has 1 aromatic carbocycles. The molecule has 0 radical (unpaired) electrons. The van der Waals surface area contributed by atoms with E-state index in [4.69, 9.17) is 26.2 Å². The number of ether oxygens (including phenoxy) is 2. The maximum absolute atomic E-state index is 12.4. The Morgan fingerprint density at radius 1 is 1.55 bits per heavy atom. The van der Waals surface area contributed by atoms with E-state index in [0.29, 0.717) is 21.8 Å². The molecule has 0 spiro atoms. The molecule has 0 bridgehead atoms. The Balaban J connectivity index is 2.01. The summed E-state index contributed by atoms with van der Waals surface area (Å²) in [5.41, 5.74) is 0. The minimum absolute atomic E-state index is 0.0175. The van der Waals surface area contributed by atoms with Crippen LogP contribution in [0.5, 0.6) is 5.75 Å². The number of nitrogens with zero attached hydrogens (tertiary/aromatic N) is 1. The van der Waals surface area contributed by atoms with Crippen molar-refractivity contribution >= 4 is 39.4 Å². The third-order valence-corrected chi connectivity index (χ3v) is 4.05. The van der Waals surface area contributed by atoms with Gasteiger partial charge in [-0.2, -0.15) is 0 Å². The number of carbonyl (C=O) groups excluding carboxylic acids is 1. The average molecular weight is 393 g/mol. The highest BCUT2D eigenvalue weighted by Gasteiger charge is 2.31. The molecule has 1 aliphatic heterocycles. The van der Waals surface area contributed by atoms with Crippen LogP contribution in [0.2, 0.25) is 5.02 Å². The third kappa shape index (κ3) is 4.12. The van der Waals surface area contributed by atoms with Gasteiger partial charge in [0.2, 0.25) is 0 Å². The molecule has 22 heavy (non-hydrogen) atoms. The Bertz CT molecular complexity index is 582. The van der Waals surface area contributed by atoms with E-state index in [9.17, 15) is 9.59 Å². The van der Waals surface area contributed by atoms with Crippen LogP contribution in [0, 0.1) is 0 Å². The molecule has 1 aliphatic rings. The van der Waals surface area contributed by atoms with Crippen LogP contribution in [0.3, 0.4) is 0 Å². The number of benzene rings is 1. The molecule has 0 saturated carbocycles. The Labute approximate surface area is 141 Å². The van der Waals surface area contributed by atoms with Crippen LogP contribution in [-0.2, 0) is 14.3 Å². The summed E-state index contributed by atoms with van der Waals surface area (Å²) in [4.78, 5) is 24.7. The Kier molecular flexibility index (Phi) is 5.66. The van der Waals surface area contributed by atoms with Gasteiger partial charge in [0, 0.05) is 11.6 Å². The van der Waals surface area contributed by atoms with Crippen molar-refractivity contribution < 1.29 is 24.2 Å². The highest BCUT2D eigenvalue weighted by Crippen LogP contribution is 2.29. The Morgan fingerprint density at radius 3 is 2.91 bits per heavy atom. The topological polar surface area (TPSA) is 76.1 Å². The maximum Gasteiger partial charge on any atom is 0.334 e. The maximum atomic E-state index is 12.4. The van der Waals surface area contributed by atoms with Gasteiger partial charge < -0.3 is 19.5 Å². The van der Waals surface area contributed by atoms with Gasteiger partial charge in [0.25, 0.3) is 5.91 Å². The molecule has 120 valence electrons. The largest absolute Gasteiger partial charge is 0.480 e. The number of amides is 1. The molecule has 6 nitrogen and oxygen atoms in total. The van der Waals surface area contributed by atoms with Crippen LogP contribution in [-0.4, -0.2) is 53.8 Å². The van der Waals surface area contributed by atoms with Gasteiger partial charge in [-0.1, -0.05) is 11.6 Å². The first-order chi connectivity index (χ1) is 10.4. The highest BCUT2D eigenvalue weighted by molar-refractivity contribution is 9.10. The molecule has 1 saturated heterocycles. The van der Waals surface area contributed by atoms with Crippen LogP contribution in [0.25, 0.3) is 0 Å². The van der Waals surface area contributed by atoms with E-state index in [1.165, 1.54) is 4.90 Å². The molecule has 2 rings (SSSR count). The summed E-state index contributed by atoms with van der Waals surface area (Å²) in [6.07, 6.45) is -1.74. The van der Waals surface area contributed by atoms with Gasteiger partial charge in [-0.25, -0.2) is 4.79 Å². The van der Waals surface area contributed by atoms with Crippen LogP contribution >= 0.6 is 27.5 Å². The van der Waals surface area contributed by atoms with E-state index in [2.05, 4.69) is 15.9 Å². The van der Waals surface area contributed by atoms with Gasteiger partial charge >= 0.3 is 5.97 Å². The number of morpholine rings is 1. The van der Waals surface area contributed by atoms with Crippen molar-refractivity contribution in [1.29, 1.82) is 0 Å². The van der Waals surface area contributed by atoms with Gasteiger partial charge in [-0.15, -0.1) is 0 Å². The van der Waals surface area contributed by atoms with Crippen LogP contribution in [0.15, 0.2) is 22.7 Å². The third-order valence-electron chi connectivity index (χ3n) is 3.20. The second kappa shape index (κ2) is 7.30. The van der Waals surface area contributed by atoms with Crippen molar-refractivity contribution in [2.45, 2.75) is 19.1 Å². The molecule has 0 aromatic heterocycles. The molecular formula is C14H15BrClNO5. The van der Waals surface area contributed by atoms with Crippen molar-refractivity contribution in [3.05, 3.63) is 27.7 Å².